The molecule has 2 bridgehead atoms. The number of hydrogen-bond acceptors (Lipinski definition) is 5. The summed E-state index contributed by atoms with van der Waals surface area (Å²) in [5.74, 6) is -1.21. The number of imidazole rings is 1. The van der Waals surface area contributed by atoms with E-state index >= 15 is 0 Å². The minimum absolute atomic E-state index is 0.0434. The number of nitriles is 1. The highest BCUT2D eigenvalue weighted by molar-refractivity contribution is 5.96. The molecule has 2 aromatic heterocycles. The van der Waals surface area contributed by atoms with E-state index in [0.29, 0.717) is 28.6 Å². The molecule has 0 radical (unpaired) electrons. The molecule has 1 fully saturated rings. The van der Waals surface area contributed by atoms with Crippen LogP contribution in [-0.2, 0) is 6.18 Å². The Morgan fingerprint density at radius 3 is 2.67 bits per heavy atom. The number of hydrogen-bond donors (Lipinski definition) is 1. The van der Waals surface area contributed by atoms with Crippen LogP contribution in [0.3, 0.4) is 0 Å². The summed E-state index contributed by atoms with van der Waals surface area (Å²) in [6.45, 7) is 0.0434. The molecule has 1 saturated heterocycles. The van der Waals surface area contributed by atoms with Gasteiger partial charge in [-0.05, 0) is 42.8 Å². The number of aromatic nitrogens is 3. The first kappa shape index (κ1) is 21.9. The van der Waals surface area contributed by atoms with Crippen LogP contribution < -0.4 is 5.69 Å². The van der Waals surface area contributed by atoms with E-state index in [1.54, 1.807) is 12.1 Å². The van der Waals surface area contributed by atoms with E-state index < -0.39 is 46.9 Å². The second kappa shape index (κ2) is 7.45. The first-order valence-electron chi connectivity index (χ1n) is 11.0. The molecule has 1 amide bonds. The third-order valence-corrected chi connectivity index (χ3v) is 6.89. The standard InChI is InChI=1S/C25H16F3N5O3/c26-25(27,28)17-6-2-1-4-15(17)22(34)31-12-14-10-19(31)21-23(35)33(24(36)32(14)21)18-8-7-13(11-29)20-16(18)5-3-9-30-20/h1-9,14,19,35H,10,12H2/t14-,19-/m0/s1. The predicted octanol–water partition coefficient (Wildman–Crippen LogP) is 3.93. The Morgan fingerprint density at radius 2 is 1.92 bits per heavy atom. The van der Waals surface area contributed by atoms with Gasteiger partial charge >= 0.3 is 11.9 Å². The van der Waals surface area contributed by atoms with Crippen LogP contribution in [-0.4, -0.2) is 36.6 Å². The van der Waals surface area contributed by atoms with Crippen molar-refractivity contribution in [3.05, 3.63) is 87.6 Å². The highest BCUT2D eigenvalue weighted by Gasteiger charge is 2.50. The maximum atomic E-state index is 13.5. The second-order valence-corrected chi connectivity index (χ2v) is 8.75. The van der Waals surface area contributed by atoms with Crippen molar-refractivity contribution in [3.63, 3.8) is 0 Å². The van der Waals surface area contributed by atoms with Crippen molar-refractivity contribution in [1.82, 2.24) is 19.0 Å². The summed E-state index contributed by atoms with van der Waals surface area (Å²) in [5, 5.41) is 21.1. The van der Waals surface area contributed by atoms with E-state index in [-0.39, 0.29) is 12.2 Å². The van der Waals surface area contributed by atoms with Crippen molar-refractivity contribution in [3.8, 4) is 17.6 Å². The third-order valence-electron chi connectivity index (χ3n) is 6.89. The van der Waals surface area contributed by atoms with Gasteiger partial charge in [-0.25, -0.2) is 9.36 Å². The number of nitrogens with zero attached hydrogens (tertiary/aromatic N) is 5. The third kappa shape index (κ3) is 2.90. The fourth-order valence-corrected chi connectivity index (χ4v) is 5.40. The van der Waals surface area contributed by atoms with Crippen LogP contribution in [0.5, 0.6) is 5.88 Å². The largest absolute Gasteiger partial charge is 0.493 e. The summed E-state index contributed by atoms with van der Waals surface area (Å²) in [7, 11) is 0. The SMILES string of the molecule is N#Cc1ccc(-n2c(O)c3n(c2=O)[C@H]2C[C@@H]3N(C(=O)c3ccccc3C(F)(F)F)C2)c2cccnc12. The smallest absolute Gasteiger partial charge is 0.417 e. The number of alkyl halides is 3. The van der Waals surface area contributed by atoms with Gasteiger partial charge in [0.15, 0.2) is 0 Å². The molecule has 4 heterocycles. The average Bonchev–Trinajstić information content (AvgIpc) is 3.54. The molecular formula is C25H16F3N5O3. The number of carbonyl (C=O) groups excluding carboxylic acids is 1. The number of fused-ring (bicyclic) bond motifs is 6. The van der Waals surface area contributed by atoms with E-state index in [4.69, 9.17) is 0 Å². The van der Waals surface area contributed by atoms with Gasteiger partial charge in [0.2, 0.25) is 5.88 Å². The van der Waals surface area contributed by atoms with Gasteiger partial charge in [0.05, 0.1) is 40.0 Å². The van der Waals surface area contributed by atoms with Crippen molar-refractivity contribution in [2.45, 2.75) is 24.7 Å². The van der Waals surface area contributed by atoms with Crippen molar-refractivity contribution in [2.24, 2.45) is 0 Å². The topological polar surface area (TPSA) is 104 Å². The quantitative estimate of drug-likeness (QED) is 0.458. The van der Waals surface area contributed by atoms with Crippen LogP contribution in [0.1, 0.15) is 45.7 Å². The first-order chi connectivity index (χ1) is 17.2. The Morgan fingerprint density at radius 1 is 1.14 bits per heavy atom. The molecule has 2 aliphatic heterocycles. The van der Waals surface area contributed by atoms with E-state index in [1.165, 1.54) is 39.9 Å². The zero-order chi connectivity index (χ0) is 25.4. The summed E-state index contributed by atoms with van der Waals surface area (Å²) in [6.07, 6.45) is -2.88. The molecule has 180 valence electrons. The molecule has 2 aliphatic rings. The fourth-order valence-electron chi connectivity index (χ4n) is 5.40. The minimum atomic E-state index is -4.71. The van der Waals surface area contributed by atoms with Gasteiger partial charge in [-0.2, -0.15) is 18.4 Å². The van der Waals surface area contributed by atoms with E-state index in [9.17, 15) is 33.1 Å². The highest BCUT2D eigenvalue weighted by atomic mass is 19.4. The summed E-state index contributed by atoms with van der Waals surface area (Å²) in [4.78, 5) is 32.2. The first-order valence-corrected chi connectivity index (χ1v) is 11.0. The maximum absolute atomic E-state index is 13.5. The number of pyridine rings is 1. The van der Waals surface area contributed by atoms with E-state index in [0.717, 1.165) is 16.7 Å². The highest BCUT2D eigenvalue weighted by Crippen LogP contribution is 2.49. The second-order valence-electron chi connectivity index (χ2n) is 8.75. The van der Waals surface area contributed by atoms with Crippen LogP contribution >= 0.6 is 0 Å². The summed E-state index contributed by atoms with van der Waals surface area (Å²) in [5.41, 5.74) is -0.903. The van der Waals surface area contributed by atoms with E-state index in [1.807, 2.05) is 6.07 Å². The van der Waals surface area contributed by atoms with Crippen LogP contribution in [0.4, 0.5) is 13.2 Å². The molecule has 0 saturated carbocycles. The average molecular weight is 491 g/mol. The Hall–Kier alpha value is -4.59. The zero-order valence-electron chi connectivity index (χ0n) is 18.4. The number of amides is 1. The Bertz CT molecular complexity index is 1680. The van der Waals surface area contributed by atoms with Gasteiger partial charge in [0, 0.05) is 18.1 Å². The van der Waals surface area contributed by atoms with Crippen molar-refractivity contribution in [1.29, 1.82) is 5.26 Å². The predicted molar refractivity (Wildman–Crippen MR) is 121 cm³/mol. The molecule has 11 heteroatoms. The van der Waals surface area contributed by atoms with Crippen LogP contribution in [0.2, 0.25) is 0 Å². The molecule has 0 aliphatic carbocycles. The van der Waals surface area contributed by atoms with Crippen molar-refractivity contribution >= 4 is 16.8 Å². The lowest BCUT2D eigenvalue weighted by molar-refractivity contribution is -0.138. The molecule has 0 unspecified atom stereocenters. The molecule has 36 heavy (non-hydrogen) atoms. The monoisotopic (exact) mass is 491 g/mol. The molecular weight excluding hydrogens is 475 g/mol. The fraction of sp³-hybridized carbons (Fsp3) is 0.200. The van der Waals surface area contributed by atoms with Gasteiger partial charge < -0.3 is 10.0 Å². The number of aromatic hydroxyl groups is 1. The van der Waals surface area contributed by atoms with Gasteiger partial charge in [0.1, 0.15) is 11.8 Å². The molecule has 2 atom stereocenters. The van der Waals surface area contributed by atoms with Gasteiger partial charge in [0.25, 0.3) is 5.91 Å². The number of benzene rings is 2. The summed E-state index contributed by atoms with van der Waals surface area (Å²) < 4.78 is 43.1. The Kier molecular flexibility index (Phi) is 4.54. The maximum Gasteiger partial charge on any atom is 0.417 e. The molecule has 4 aromatic rings. The van der Waals surface area contributed by atoms with Gasteiger partial charge in [-0.1, -0.05) is 12.1 Å². The normalized spacial score (nSPS) is 18.4. The van der Waals surface area contributed by atoms with Crippen LogP contribution in [0.25, 0.3) is 16.6 Å². The van der Waals surface area contributed by atoms with E-state index in [2.05, 4.69) is 4.98 Å². The minimum Gasteiger partial charge on any atom is -0.493 e. The molecule has 1 N–H and O–H groups in total. The molecule has 2 aromatic carbocycles. The Labute approximate surface area is 201 Å². The van der Waals surface area contributed by atoms with Gasteiger partial charge in [-0.15, -0.1) is 0 Å². The Balaban J connectivity index is 1.47. The lowest BCUT2D eigenvalue weighted by Gasteiger charge is -2.28. The summed E-state index contributed by atoms with van der Waals surface area (Å²) in [6, 6.07) is 11.7. The number of likely N-dealkylation sites (tertiary alicyclic amines) is 1. The number of rotatable bonds is 2. The van der Waals surface area contributed by atoms with Crippen LogP contribution in [0, 0.1) is 11.3 Å². The lowest BCUT2D eigenvalue weighted by atomic mass is 10.0. The molecule has 6 rings (SSSR count). The van der Waals surface area contributed by atoms with Gasteiger partial charge in [-0.3, -0.25) is 14.3 Å². The van der Waals surface area contributed by atoms with Crippen molar-refractivity contribution in [2.75, 3.05) is 6.54 Å². The van der Waals surface area contributed by atoms with Crippen LogP contribution in [0.15, 0.2) is 59.5 Å². The number of carbonyl (C=O) groups is 1. The summed E-state index contributed by atoms with van der Waals surface area (Å²) >= 11 is 0. The molecule has 8 nitrogen and oxygen atoms in total. The number of halogens is 3. The zero-order valence-corrected chi connectivity index (χ0v) is 18.4. The van der Waals surface area contributed by atoms with Crippen molar-refractivity contribution < 1.29 is 23.1 Å². The molecule has 0 spiro atoms. The lowest BCUT2D eigenvalue weighted by Crippen LogP contribution is -2.38.